The highest BCUT2D eigenvalue weighted by Gasteiger charge is 2.32. The van der Waals surface area contributed by atoms with E-state index >= 15 is 0 Å². The van der Waals surface area contributed by atoms with Crippen molar-refractivity contribution in [2.24, 2.45) is 0 Å². The molecular weight excluding hydrogens is 755 g/mol. The summed E-state index contributed by atoms with van der Waals surface area (Å²) in [6, 6.07) is 76.3. The number of para-hydroxylation sites is 2. The van der Waals surface area contributed by atoms with Gasteiger partial charge in [0.05, 0.1) is 44.4 Å². The number of benzene rings is 8. The molecule has 13 rings (SSSR count). The number of fused-ring (bicyclic) bond motifs is 10. The first-order valence-electron chi connectivity index (χ1n) is 21.2. The van der Waals surface area contributed by atoms with Gasteiger partial charge in [0.1, 0.15) is 11.4 Å². The van der Waals surface area contributed by atoms with Gasteiger partial charge in [0.2, 0.25) is 0 Å². The topological polar surface area (TPSA) is 55.1 Å². The summed E-state index contributed by atoms with van der Waals surface area (Å²) in [6.07, 6.45) is 0. The summed E-state index contributed by atoms with van der Waals surface area (Å²) in [6.45, 7) is 0. The Kier molecular flexibility index (Phi) is 7.61. The van der Waals surface area contributed by atoms with Crippen molar-refractivity contribution in [1.82, 2.24) is 19.1 Å². The number of aromatic amines is 1. The molecule has 0 saturated heterocycles. The smallest absolute Gasteiger partial charge is 0.169 e. The molecule has 0 saturated carbocycles. The second kappa shape index (κ2) is 13.6. The fourth-order valence-electron chi connectivity index (χ4n) is 9.86. The Labute approximate surface area is 357 Å². The van der Waals surface area contributed by atoms with Crippen molar-refractivity contribution in [3.8, 4) is 67.4 Å². The average molecular weight is 793 g/mol. The molecule has 1 aliphatic rings. The van der Waals surface area contributed by atoms with Crippen LogP contribution in [0.3, 0.4) is 0 Å². The van der Waals surface area contributed by atoms with Crippen LogP contribution in [0.2, 0.25) is 0 Å². The van der Waals surface area contributed by atoms with Crippen molar-refractivity contribution < 1.29 is 5.32 Å². The van der Waals surface area contributed by atoms with Gasteiger partial charge in [-0.1, -0.05) is 140 Å². The molecule has 5 nitrogen and oxygen atoms in total. The Morgan fingerprint density at radius 2 is 0.968 bits per heavy atom. The highest BCUT2D eigenvalue weighted by Crippen LogP contribution is 2.45. The molecule has 5 heterocycles. The molecule has 8 aromatic carbocycles. The summed E-state index contributed by atoms with van der Waals surface area (Å²) >= 11 is 0. The highest BCUT2D eigenvalue weighted by atomic mass is 15.1. The third kappa shape index (κ3) is 5.36. The van der Waals surface area contributed by atoms with Crippen molar-refractivity contribution >= 4 is 55.1 Å². The van der Waals surface area contributed by atoms with Crippen molar-refractivity contribution in [2.45, 2.75) is 0 Å². The van der Waals surface area contributed by atoms with Gasteiger partial charge in [0, 0.05) is 44.9 Å². The molecular formula is C57H38N5+. The largest absolute Gasteiger partial charge is 0.353 e. The maximum Gasteiger partial charge on any atom is 0.169 e. The fraction of sp³-hybridized carbons (Fsp3) is 0. The molecule has 0 unspecified atom stereocenters. The van der Waals surface area contributed by atoms with Crippen LogP contribution < -0.4 is 5.32 Å². The Hall–Kier alpha value is -8.25. The molecule has 0 spiro atoms. The fourth-order valence-corrected chi connectivity index (χ4v) is 9.86. The van der Waals surface area contributed by atoms with E-state index in [0.717, 1.165) is 44.9 Å². The van der Waals surface area contributed by atoms with Crippen LogP contribution >= 0.6 is 0 Å². The molecule has 62 heavy (non-hydrogen) atoms. The second-order valence-corrected chi connectivity index (χ2v) is 16.3. The minimum absolute atomic E-state index is 0.930. The molecule has 1 aliphatic heterocycles. The number of pyridine rings is 1. The first-order chi connectivity index (χ1) is 30.7. The van der Waals surface area contributed by atoms with Gasteiger partial charge in [0.25, 0.3) is 0 Å². The molecule has 290 valence electrons. The molecule has 3 N–H and O–H groups in total. The number of hydrogen-bond donors (Lipinski definition) is 2. The van der Waals surface area contributed by atoms with Crippen LogP contribution in [0.1, 0.15) is 0 Å². The van der Waals surface area contributed by atoms with Gasteiger partial charge >= 0.3 is 0 Å². The van der Waals surface area contributed by atoms with E-state index in [2.05, 4.69) is 232 Å². The van der Waals surface area contributed by atoms with E-state index < -0.39 is 0 Å². The average Bonchev–Trinajstić information content (AvgIpc) is 4.08. The number of aromatic nitrogens is 4. The van der Waals surface area contributed by atoms with Crippen LogP contribution in [-0.4, -0.2) is 19.1 Å². The van der Waals surface area contributed by atoms with Crippen LogP contribution in [0.15, 0.2) is 212 Å². The van der Waals surface area contributed by atoms with Crippen LogP contribution in [0.25, 0.3) is 111 Å². The SMILES string of the molecule is c1ccc(-c2ccc3c(c2)[NH2+]c2c-3n(-c3cccc(-c4cccc(-c5cccc(-n6c7ccccc7c7[nH]c8cc(-c9ccccc9)ccc8c76)c5)n4)c3)c3ccccc23)cc1. The Morgan fingerprint density at radius 3 is 1.68 bits per heavy atom. The maximum absolute atomic E-state index is 5.34. The van der Waals surface area contributed by atoms with Crippen molar-refractivity contribution in [1.29, 1.82) is 0 Å². The van der Waals surface area contributed by atoms with E-state index in [4.69, 9.17) is 4.98 Å². The minimum Gasteiger partial charge on any atom is -0.353 e. The zero-order valence-electron chi connectivity index (χ0n) is 33.6. The van der Waals surface area contributed by atoms with Crippen molar-refractivity contribution in [3.63, 3.8) is 0 Å². The van der Waals surface area contributed by atoms with Crippen LogP contribution in [0.5, 0.6) is 0 Å². The van der Waals surface area contributed by atoms with Crippen molar-refractivity contribution in [2.75, 3.05) is 0 Å². The van der Waals surface area contributed by atoms with Gasteiger partial charge in [0.15, 0.2) is 5.69 Å². The third-order valence-electron chi connectivity index (χ3n) is 12.7. The molecule has 5 heteroatoms. The molecule has 0 bridgehead atoms. The molecule has 0 atom stereocenters. The lowest BCUT2D eigenvalue weighted by Gasteiger charge is -2.13. The van der Waals surface area contributed by atoms with E-state index in [1.54, 1.807) is 0 Å². The number of nitrogens with one attached hydrogen (secondary N) is 1. The lowest BCUT2D eigenvalue weighted by Crippen LogP contribution is -2.69. The van der Waals surface area contributed by atoms with Gasteiger partial charge < -0.3 is 14.1 Å². The lowest BCUT2D eigenvalue weighted by molar-refractivity contribution is -0.471. The monoisotopic (exact) mass is 792 g/mol. The van der Waals surface area contributed by atoms with Crippen LogP contribution in [-0.2, 0) is 0 Å². The Morgan fingerprint density at radius 1 is 0.403 bits per heavy atom. The van der Waals surface area contributed by atoms with Gasteiger partial charge in [-0.15, -0.1) is 0 Å². The van der Waals surface area contributed by atoms with E-state index in [0.29, 0.717) is 0 Å². The summed E-state index contributed by atoms with van der Waals surface area (Å²) in [5.41, 5.74) is 21.9. The van der Waals surface area contributed by atoms with Crippen molar-refractivity contribution in [3.05, 3.63) is 212 Å². The summed E-state index contributed by atoms with van der Waals surface area (Å²) in [7, 11) is 0. The molecule has 0 fully saturated rings. The van der Waals surface area contributed by atoms with E-state index in [1.807, 2.05) is 0 Å². The summed E-state index contributed by atoms with van der Waals surface area (Å²) in [5, 5.41) is 6.01. The minimum atomic E-state index is 0.930. The number of rotatable bonds is 6. The number of nitrogens with two attached hydrogens (primary N) is 1. The molecule has 4 aromatic heterocycles. The van der Waals surface area contributed by atoms with Gasteiger partial charge in [-0.3, -0.25) is 5.32 Å². The number of H-pyrrole nitrogens is 1. The molecule has 0 radical (unpaired) electrons. The molecule has 12 aromatic rings. The number of nitrogens with zero attached hydrogens (tertiary/aromatic N) is 3. The van der Waals surface area contributed by atoms with E-state index in [9.17, 15) is 0 Å². The second-order valence-electron chi connectivity index (χ2n) is 16.3. The normalized spacial score (nSPS) is 12.1. The lowest BCUT2D eigenvalue weighted by atomic mass is 10.0. The van der Waals surface area contributed by atoms with E-state index in [1.165, 1.54) is 77.6 Å². The van der Waals surface area contributed by atoms with Crippen LogP contribution in [0, 0.1) is 0 Å². The third-order valence-corrected chi connectivity index (χ3v) is 12.7. The zero-order valence-corrected chi connectivity index (χ0v) is 33.6. The summed E-state index contributed by atoms with van der Waals surface area (Å²) < 4.78 is 4.84. The summed E-state index contributed by atoms with van der Waals surface area (Å²) in [4.78, 5) is 9.15. The highest BCUT2D eigenvalue weighted by molar-refractivity contribution is 6.18. The molecule has 0 amide bonds. The van der Waals surface area contributed by atoms with Gasteiger partial charge in [-0.05, 0) is 89.0 Å². The quantitative estimate of drug-likeness (QED) is 0.162. The van der Waals surface area contributed by atoms with E-state index in [-0.39, 0.29) is 0 Å². The maximum atomic E-state index is 5.34. The Bertz CT molecular complexity index is 3720. The predicted octanol–water partition coefficient (Wildman–Crippen LogP) is 13.8. The predicted molar refractivity (Wildman–Crippen MR) is 256 cm³/mol. The first kappa shape index (κ1) is 34.6. The number of hydrogen-bond acceptors (Lipinski definition) is 1. The summed E-state index contributed by atoms with van der Waals surface area (Å²) in [5.74, 6) is 0. The first-order valence-corrected chi connectivity index (χ1v) is 21.2. The van der Waals surface area contributed by atoms with Gasteiger partial charge in [-0.25, -0.2) is 4.98 Å². The van der Waals surface area contributed by atoms with Gasteiger partial charge in [-0.2, -0.15) is 0 Å². The number of quaternary nitrogens is 1. The molecule has 0 aliphatic carbocycles. The van der Waals surface area contributed by atoms with Crippen LogP contribution in [0.4, 0.5) is 11.4 Å². The zero-order chi connectivity index (χ0) is 40.7. The Balaban J connectivity index is 0.894. The standard InChI is InChI=1S/C57H37N5/c1-3-14-36(15-4-1)38-28-30-44-50(34-38)59-54-46-22-7-9-26-52(46)61(56(44)54)42-20-11-18-40(32-42)48-24-13-25-49(58-48)41-19-12-21-43(33-41)62-53-27-10-8-23-47(53)55-57(62)45-31-29-39(35-51(45)60-55)37-16-5-2-6-17-37/h1-35,59-60H/p+1.